The van der Waals surface area contributed by atoms with Crippen molar-refractivity contribution < 1.29 is 19.0 Å². The Labute approximate surface area is 115 Å². The SMILES string of the molecule is COC(=O)OCc1ccc(OC)cc1C[Si](C)(C)C. The molecule has 0 saturated carbocycles. The van der Waals surface area contributed by atoms with Crippen molar-refractivity contribution in [3.8, 4) is 5.75 Å². The first-order valence-electron chi connectivity index (χ1n) is 6.22. The zero-order valence-corrected chi connectivity index (χ0v) is 13.3. The summed E-state index contributed by atoms with van der Waals surface area (Å²) in [7, 11) is 1.70. The van der Waals surface area contributed by atoms with Gasteiger partial charge < -0.3 is 14.2 Å². The van der Waals surface area contributed by atoms with Gasteiger partial charge in [-0.1, -0.05) is 25.7 Å². The van der Waals surface area contributed by atoms with Gasteiger partial charge in [-0.15, -0.1) is 0 Å². The quantitative estimate of drug-likeness (QED) is 0.613. The lowest BCUT2D eigenvalue weighted by molar-refractivity contribution is 0.0667. The Hall–Kier alpha value is -1.49. The summed E-state index contributed by atoms with van der Waals surface area (Å²) in [5.74, 6) is 0.829. The summed E-state index contributed by atoms with van der Waals surface area (Å²) in [6.45, 7) is 7.14. The van der Waals surface area contributed by atoms with Crippen molar-refractivity contribution in [2.24, 2.45) is 0 Å². The average Bonchev–Trinajstić information content (AvgIpc) is 2.34. The maximum absolute atomic E-state index is 11.0. The molecular weight excluding hydrogens is 260 g/mol. The second kappa shape index (κ2) is 6.61. The molecule has 0 N–H and O–H groups in total. The van der Waals surface area contributed by atoms with Crippen LogP contribution in [0, 0.1) is 0 Å². The van der Waals surface area contributed by atoms with E-state index in [2.05, 4.69) is 24.4 Å². The fourth-order valence-electron chi connectivity index (χ4n) is 1.80. The highest BCUT2D eigenvalue weighted by molar-refractivity contribution is 6.75. The van der Waals surface area contributed by atoms with Crippen molar-refractivity contribution in [3.05, 3.63) is 29.3 Å². The average molecular weight is 282 g/mol. The van der Waals surface area contributed by atoms with Crippen LogP contribution >= 0.6 is 0 Å². The predicted octanol–water partition coefficient (Wildman–Crippen LogP) is 3.40. The largest absolute Gasteiger partial charge is 0.508 e. The number of benzene rings is 1. The van der Waals surface area contributed by atoms with E-state index in [1.807, 2.05) is 18.2 Å². The summed E-state index contributed by atoms with van der Waals surface area (Å²) in [5.41, 5.74) is 2.19. The van der Waals surface area contributed by atoms with Crippen LogP contribution in [0.5, 0.6) is 5.75 Å². The van der Waals surface area contributed by atoms with E-state index >= 15 is 0 Å². The van der Waals surface area contributed by atoms with Crippen molar-refractivity contribution in [3.63, 3.8) is 0 Å². The molecule has 0 heterocycles. The molecule has 0 aromatic heterocycles. The molecule has 0 amide bonds. The van der Waals surface area contributed by atoms with Crippen molar-refractivity contribution in [2.45, 2.75) is 32.3 Å². The molecule has 1 rings (SSSR count). The number of carbonyl (C=O) groups excluding carboxylic acids is 1. The third-order valence-electron chi connectivity index (χ3n) is 2.65. The van der Waals surface area contributed by atoms with Crippen molar-refractivity contribution in [2.75, 3.05) is 14.2 Å². The number of carbonyl (C=O) groups is 1. The normalized spacial score (nSPS) is 11.0. The lowest BCUT2D eigenvalue weighted by Gasteiger charge is -2.19. The zero-order chi connectivity index (χ0) is 14.5. The fourth-order valence-corrected chi connectivity index (χ4v) is 3.27. The smallest absolute Gasteiger partial charge is 0.497 e. The van der Waals surface area contributed by atoms with Gasteiger partial charge in [-0.25, -0.2) is 4.79 Å². The van der Waals surface area contributed by atoms with Gasteiger partial charge in [0.05, 0.1) is 14.2 Å². The zero-order valence-electron chi connectivity index (χ0n) is 12.3. The molecule has 0 bridgehead atoms. The maximum Gasteiger partial charge on any atom is 0.508 e. The van der Waals surface area contributed by atoms with Crippen LogP contribution in [0.4, 0.5) is 4.79 Å². The summed E-state index contributed by atoms with van der Waals surface area (Å²) >= 11 is 0. The topological polar surface area (TPSA) is 44.8 Å². The summed E-state index contributed by atoms with van der Waals surface area (Å²) in [6.07, 6.45) is -0.658. The van der Waals surface area contributed by atoms with Gasteiger partial charge in [-0.05, 0) is 29.3 Å². The van der Waals surface area contributed by atoms with E-state index in [4.69, 9.17) is 9.47 Å². The number of hydrogen-bond donors (Lipinski definition) is 0. The van der Waals surface area contributed by atoms with Crippen LogP contribution in [0.15, 0.2) is 18.2 Å². The van der Waals surface area contributed by atoms with E-state index < -0.39 is 14.2 Å². The lowest BCUT2D eigenvalue weighted by Crippen LogP contribution is -2.25. The van der Waals surface area contributed by atoms with Gasteiger partial charge in [-0.2, -0.15) is 0 Å². The Morgan fingerprint density at radius 1 is 1.16 bits per heavy atom. The second-order valence-corrected chi connectivity index (χ2v) is 11.1. The molecule has 0 unspecified atom stereocenters. The molecule has 106 valence electrons. The Kier molecular flexibility index (Phi) is 5.41. The number of hydrogen-bond acceptors (Lipinski definition) is 4. The van der Waals surface area contributed by atoms with Gasteiger partial charge in [0.1, 0.15) is 12.4 Å². The van der Waals surface area contributed by atoms with E-state index in [0.29, 0.717) is 0 Å². The third-order valence-corrected chi connectivity index (χ3v) is 4.09. The molecule has 0 spiro atoms. The Bertz CT molecular complexity index is 438. The minimum Gasteiger partial charge on any atom is -0.497 e. The Balaban J connectivity index is 2.92. The van der Waals surface area contributed by atoms with Crippen LogP contribution < -0.4 is 4.74 Å². The maximum atomic E-state index is 11.0. The highest BCUT2D eigenvalue weighted by Gasteiger charge is 2.17. The van der Waals surface area contributed by atoms with Gasteiger partial charge in [0.25, 0.3) is 0 Å². The summed E-state index contributed by atoms with van der Waals surface area (Å²) < 4.78 is 14.8. The number of rotatable bonds is 5. The summed E-state index contributed by atoms with van der Waals surface area (Å²) in [5, 5.41) is 0. The molecule has 0 radical (unpaired) electrons. The van der Waals surface area contributed by atoms with Crippen LogP contribution in [0.1, 0.15) is 11.1 Å². The van der Waals surface area contributed by atoms with E-state index in [-0.39, 0.29) is 6.61 Å². The first kappa shape index (κ1) is 15.6. The summed E-state index contributed by atoms with van der Waals surface area (Å²) in [6, 6.07) is 6.86. The van der Waals surface area contributed by atoms with Crippen LogP contribution in [-0.4, -0.2) is 28.4 Å². The molecule has 1 aromatic carbocycles. The van der Waals surface area contributed by atoms with Crippen LogP contribution in [-0.2, 0) is 22.1 Å². The minimum absolute atomic E-state index is 0.233. The van der Waals surface area contributed by atoms with E-state index in [9.17, 15) is 4.79 Å². The summed E-state index contributed by atoms with van der Waals surface area (Å²) in [4.78, 5) is 11.0. The van der Waals surface area contributed by atoms with Crippen molar-refractivity contribution in [1.82, 2.24) is 0 Å². The Morgan fingerprint density at radius 2 is 1.84 bits per heavy atom. The third kappa shape index (κ3) is 5.34. The molecule has 0 atom stereocenters. The standard InChI is InChI=1S/C14H22O4Si/c1-16-13-7-6-11(9-18-14(15)17-2)12(8-13)10-19(3,4)5/h6-8H,9-10H2,1-5H3. The van der Waals surface area contributed by atoms with Gasteiger partial charge in [0, 0.05) is 8.07 Å². The molecule has 5 heteroatoms. The van der Waals surface area contributed by atoms with Crippen molar-refractivity contribution in [1.29, 1.82) is 0 Å². The second-order valence-electron chi connectivity index (χ2n) is 5.61. The highest BCUT2D eigenvalue weighted by atomic mass is 28.3. The first-order valence-corrected chi connectivity index (χ1v) is 9.93. The molecule has 4 nitrogen and oxygen atoms in total. The number of methoxy groups -OCH3 is 2. The van der Waals surface area contributed by atoms with Gasteiger partial charge in [0.2, 0.25) is 0 Å². The molecule has 19 heavy (non-hydrogen) atoms. The minimum atomic E-state index is -1.26. The first-order chi connectivity index (χ1) is 8.85. The van der Waals surface area contributed by atoms with Crippen LogP contribution in [0.25, 0.3) is 0 Å². The van der Waals surface area contributed by atoms with Gasteiger partial charge in [0.15, 0.2) is 0 Å². The monoisotopic (exact) mass is 282 g/mol. The van der Waals surface area contributed by atoms with E-state index in [1.165, 1.54) is 12.7 Å². The van der Waals surface area contributed by atoms with Gasteiger partial charge in [-0.3, -0.25) is 0 Å². The molecule has 0 aliphatic rings. The van der Waals surface area contributed by atoms with E-state index in [1.54, 1.807) is 7.11 Å². The van der Waals surface area contributed by atoms with Crippen molar-refractivity contribution >= 4 is 14.2 Å². The Morgan fingerprint density at radius 3 is 2.37 bits per heavy atom. The van der Waals surface area contributed by atoms with Gasteiger partial charge >= 0.3 is 6.16 Å². The highest BCUT2D eigenvalue weighted by Crippen LogP contribution is 2.22. The molecule has 0 saturated heterocycles. The lowest BCUT2D eigenvalue weighted by atomic mass is 10.1. The molecular formula is C14H22O4Si. The molecule has 0 fully saturated rings. The number of ether oxygens (including phenoxy) is 3. The molecule has 0 aliphatic heterocycles. The predicted molar refractivity (Wildman–Crippen MR) is 77.2 cm³/mol. The fraction of sp³-hybridized carbons (Fsp3) is 0.500. The van der Waals surface area contributed by atoms with Crippen LogP contribution in [0.2, 0.25) is 19.6 Å². The van der Waals surface area contributed by atoms with Crippen LogP contribution in [0.3, 0.4) is 0 Å². The van der Waals surface area contributed by atoms with E-state index in [0.717, 1.165) is 17.4 Å². The molecule has 1 aromatic rings. The molecule has 0 aliphatic carbocycles.